The Morgan fingerprint density at radius 1 is 1.17 bits per heavy atom. The first-order valence-electron chi connectivity index (χ1n) is 6.31. The summed E-state index contributed by atoms with van der Waals surface area (Å²) in [6.45, 7) is 3.59. The first-order valence-corrected chi connectivity index (χ1v) is 6.31. The van der Waals surface area contributed by atoms with Crippen LogP contribution in [0.5, 0.6) is 0 Å². The smallest absolute Gasteiger partial charge is 0.188 e. The van der Waals surface area contributed by atoms with Gasteiger partial charge in [-0.05, 0) is 28.8 Å². The van der Waals surface area contributed by atoms with E-state index in [9.17, 15) is 0 Å². The zero-order chi connectivity index (χ0) is 12.8. The Morgan fingerprint density at radius 2 is 1.94 bits per heavy atom. The van der Waals surface area contributed by atoms with E-state index in [1.54, 1.807) is 0 Å². The predicted molar refractivity (Wildman–Crippen MR) is 77.6 cm³/mol. The second-order valence-corrected chi connectivity index (χ2v) is 4.31. The molecule has 0 fully saturated rings. The highest BCUT2D eigenvalue weighted by atomic mass is 15.1. The fourth-order valence-electron chi connectivity index (χ4n) is 1.82. The number of nitrogens with two attached hydrogens (primary N) is 1. The van der Waals surface area contributed by atoms with Crippen molar-refractivity contribution in [3.05, 3.63) is 48.0 Å². The molecule has 3 nitrogen and oxygen atoms in total. The Morgan fingerprint density at radius 3 is 2.72 bits per heavy atom. The van der Waals surface area contributed by atoms with Crippen LogP contribution in [0.25, 0.3) is 10.8 Å². The molecular weight excluding hydrogens is 222 g/mol. The summed E-state index contributed by atoms with van der Waals surface area (Å²) < 4.78 is 0. The summed E-state index contributed by atoms with van der Waals surface area (Å²) >= 11 is 0. The molecule has 0 amide bonds. The second kappa shape index (κ2) is 6.05. The minimum absolute atomic E-state index is 0.519. The minimum Gasteiger partial charge on any atom is -0.370 e. The highest BCUT2D eigenvalue weighted by Gasteiger charge is 1.96. The number of nitrogens with one attached hydrogen (secondary N) is 1. The lowest BCUT2D eigenvalue weighted by atomic mass is 10.1. The van der Waals surface area contributed by atoms with Crippen LogP contribution < -0.4 is 11.1 Å². The summed E-state index contributed by atoms with van der Waals surface area (Å²) in [5.74, 6) is 0.519. The normalized spacial score (nSPS) is 11.7. The topological polar surface area (TPSA) is 50.4 Å². The maximum Gasteiger partial charge on any atom is 0.188 e. The van der Waals surface area contributed by atoms with Crippen molar-refractivity contribution in [2.75, 3.05) is 6.54 Å². The van der Waals surface area contributed by atoms with Crippen molar-refractivity contribution in [1.29, 1.82) is 0 Å². The number of nitrogens with zero attached hydrogens (tertiary/aromatic N) is 1. The summed E-state index contributed by atoms with van der Waals surface area (Å²) in [6.07, 6.45) is 1.05. The largest absolute Gasteiger partial charge is 0.370 e. The van der Waals surface area contributed by atoms with Crippen LogP contribution in [-0.2, 0) is 6.54 Å². The van der Waals surface area contributed by atoms with Crippen molar-refractivity contribution >= 4 is 16.7 Å². The Kier molecular flexibility index (Phi) is 4.18. The van der Waals surface area contributed by atoms with Gasteiger partial charge in [-0.15, -0.1) is 0 Å². The van der Waals surface area contributed by atoms with E-state index in [0.717, 1.165) is 13.0 Å². The van der Waals surface area contributed by atoms with Crippen LogP contribution in [0.15, 0.2) is 47.5 Å². The molecule has 0 saturated heterocycles. The van der Waals surface area contributed by atoms with Gasteiger partial charge in [0.05, 0.1) is 6.54 Å². The molecule has 3 heteroatoms. The van der Waals surface area contributed by atoms with Gasteiger partial charge in [0.15, 0.2) is 5.96 Å². The summed E-state index contributed by atoms with van der Waals surface area (Å²) in [7, 11) is 0. The van der Waals surface area contributed by atoms with E-state index in [1.807, 2.05) is 12.1 Å². The number of guanidine groups is 1. The van der Waals surface area contributed by atoms with E-state index in [1.165, 1.54) is 16.3 Å². The first kappa shape index (κ1) is 12.4. The Hall–Kier alpha value is -2.03. The van der Waals surface area contributed by atoms with E-state index in [2.05, 4.69) is 47.6 Å². The van der Waals surface area contributed by atoms with Gasteiger partial charge in [-0.2, -0.15) is 0 Å². The molecule has 0 heterocycles. The fraction of sp³-hybridized carbons (Fsp3) is 0.267. The Bertz CT molecular complexity index is 546. The lowest BCUT2D eigenvalue weighted by Crippen LogP contribution is -2.32. The maximum atomic E-state index is 5.76. The molecule has 0 atom stereocenters. The quantitative estimate of drug-likeness (QED) is 0.638. The summed E-state index contributed by atoms with van der Waals surface area (Å²) in [5.41, 5.74) is 6.94. The van der Waals surface area contributed by atoms with Crippen molar-refractivity contribution in [3.63, 3.8) is 0 Å². The third-order valence-corrected chi connectivity index (χ3v) is 2.80. The van der Waals surface area contributed by atoms with Crippen LogP contribution in [-0.4, -0.2) is 12.5 Å². The van der Waals surface area contributed by atoms with Crippen molar-refractivity contribution in [1.82, 2.24) is 5.32 Å². The van der Waals surface area contributed by atoms with Crippen LogP contribution in [0, 0.1) is 0 Å². The number of fused-ring (bicyclic) bond motifs is 1. The fourth-order valence-corrected chi connectivity index (χ4v) is 1.82. The molecule has 0 aliphatic rings. The van der Waals surface area contributed by atoms with E-state index in [4.69, 9.17) is 5.73 Å². The van der Waals surface area contributed by atoms with Crippen molar-refractivity contribution in [2.24, 2.45) is 10.7 Å². The third-order valence-electron chi connectivity index (χ3n) is 2.80. The van der Waals surface area contributed by atoms with Crippen molar-refractivity contribution < 1.29 is 0 Å². The number of benzene rings is 2. The zero-order valence-corrected chi connectivity index (χ0v) is 10.7. The lowest BCUT2D eigenvalue weighted by Gasteiger charge is -2.04. The molecule has 0 aliphatic heterocycles. The van der Waals surface area contributed by atoms with Gasteiger partial charge in [0.1, 0.15) is 0 Å². The van der Waals surface area contributed by atoms with E-state index in [-0.39, 0.29) is 0 Å². The molecule has 2 aromatic rings. The maximum absolute atomic E-state index is 5.76. The van der Waals surface area contributed by atoms with E-state index in [0.29, 0.717) is 12.5 Å². The van der Waals surface area contributed by atoms with Gasteiger partial charge in [-0.25, -0.2) is 4.99 Å². The molecule has 94 valence electrons. The molecule has 0 spiro atoms. The van der Waals surface area contributed by atoms with Gasteiger partial charge < -0.3 is 11.1 Å². The zero-order valence-electron chi connectivity index (χ0n) is 10.7. The van der Waals surface area contributed by atoms with Gasteiger partial charge in [0, 0.05) is 6.54 Å². The molecule has 2 rings (SSSR count). The summed E-state index contributed by atoms with van der Waals surface area (Å²) in [4.78, 5) is 4.32. The minimum atomic E-state index is 0.519. The molecule has 2 aromatic carbocycles. The van der Waals surface area contributed by atoms with E-state index >= 15 is 0 Å². The molecule has 0 saturated carbocycles. The van der Waals surface area contributed by atoms with Crippen LogP contribution in [0.2, 0.25) is 0 Å². The molecule has 18 heavy (non-hydrogen) atoms. The first-order chi connectivity index (χ1) is 8.79. The second-order valence-electron chi connectivity index (χ2n) is 4.31. The Labute approximate surface area is 108 Å². The number of aliphatic imine (C=N–C) groups is 1. The highest BCUT2D eigenvalue weighted by Crippen LogP contribution is 2.15. The monoisotopic (exact) mass is 241 g/mol. The molecule has 0 unspecified atom stereocenters. The van der Waals surface area contributed by atoms with Gasteiger partial charge in [-0.3, -0.25) is 0 Å². The molecule has 0 aliphatic carbocycles. The van der Waals surface area contributed by atoms with Gasteiger partial charge in [-0.1, -0.05) is 43.3 Å². The molecule has 3 N–H and O–H groups in total. The van der Waals surface area contributed by atoms with E-state index < -0.39 is 0 Å². The molecular formula is C15H19N3. The lowest BCUT2D eigenvalue weighted by molar-refractivity contribution is 0.825. The van der Waals surface area contributed by atoms with Crippen LogP contribution in [0.4, 0.5) is 0 Å². The van der Waals surface area contributed by atoms with Gasteiger partial charge in [0.2, 0.25) is 0 Å². The van der Waals surface area contributed by atoms with Gasteiger partial charge in [0.25, 0.3) is 0 Å². The molecule has 0 radical (unpaired) electrons. The van der Waals surface area contributed by atoms with Crippen molar-refractivity contribution in [3.8, 4) is 0 Å². The van der Waals surface area contributed by atoms with Crippen molar-refractivity contribution in [2.45, 2.75) is 19.9 Å². The standard InChI is InChI=1S/C15H19N3/c1-2-9-17-15(16)18-11-12-7-8-13-5-3-4-6-14(13)10-12/h3-8,10H,2,9,11H2,1H3,(H3,16,17,18). The van der Waals surface area contributed by atoms with Crippen LogP contribution >= 0.6 is 0 Å². The summed E-state index contributed by atoms with van der Waals surface area (Å²) in [5, 5.41) is 5.56. The SMILES string of the molecule is CCCNC(N)=NCc1ccc2ccccc2c1. The Balaban J connectivity index is 2.07. The van der Waals surface area contributed by atoms with Crippen LogP contribution in [0.1, 0.15) is 18.9 Å². The predicted octanol–water partition coefficient (Wildman–Crippen LogP) is 2.65. The summed E-state index contributed by atoms with van der Waals surface area (Å²) in [6, 6.07) is 14.7. The van der Waals surface area contributed by atoms with Crippen LogP contribution in [0.3, 0.4) is 0 Å². The third kappa shape index (κ3) is 3.23. The van der Waals surface area contributed by atoms with Gasteiger partial charge >= 0.3 is 0 Å². The number of rotatable bonds is 4. The molecule has 0 bridgehead atoms. The average molecular weight is 241 g/mol. The number of hydrogen-bond donors (Lipinski definition) is 2. The number of hydrogen-bond acceptors (Lipinski definition) is 1. The average Bonchev–Trinajstić information content (AvgIpc) is 2.42. The molecule has 0 aromatic heterocycles. The highest BCUT2D eigenvalue weighted by molar-refractivity contribution is 5.83.